The van der Waals surface area contributed by atoms with Crippen LogP contribution >= 0.6 is 11.8 Å². The quantitative estimate of drug-likeness (QED) is 0.320. The molecular weight excluding hydrogens is 392 g/mol. The summed E-state index contributed by atoms with van der Waals surface area (Å²) in [4.78, 5) is 17.8. The molecule has 0 heterocycles. The number of hydrogen-bond acceptors (Lipinski definition) is 4. The highest BCUT2D eigenvalue weighted by Gasteiger charge is 2.07. The van der Waals surface area contributed by atoms with Gasteiger partial charge in [-0.3, -0.25) is 9.79 Å². The molecule has 0 atom stereocenters. The Morgan fingerprint density at radius 2 is 1.77 bits per heavy atom. The Morgan fingerprint density at radius 1 is 1.03 bits per heavy atom. The van der Waals surface area contributed by atoms with Gasteiger partial charge in [-0.05, 0) is 54.8 Å². The Morgan fingerprint density at radius 3 is 2.53 bits per heavy atom. The van der Waals surface area contributed by atoms with Gasteiger partial charge in [-0.1, -0.05) is 49.7 Å². The molecule has 0 aromatic heterocycles. The predicted octanol–water partition coefficient (Wildman–Crippen LogP) is 6.22. The topological polar surface area (TPSA) is 61.7 Å². The highest BCUT2D eigenvalue weighted by atomic mass is 32.2. The third-order valence-electron chi connectivity index (χ3n) is 4.56. The number of rotatable bonds is 9. The van der Waals surface area contributed by atoms with E-state index in [-0.39, 0.29) is 11.7 Å². The molecule has 4 nitrogen and oxygen atoms in total. The number of carbonyl (C=O) groups excluding carboxylic acids is 1. The number of nitrogens with one attached hydrogen (secondary N) is 1. The van der Waals surface area contributed by atoms with Crippen molar-refractivity contribution >= 4 is 35.3 Å². The minimum Gasteiger partial charge on any atom is -0.507 e. The van der Waals surface area contributed by atoms with E-state index in [1.807, 2.05) is 42.5 Å². The summed E-state index contributed by atoms with van der Waals surface area (Å²) in [5.74, 6) is 0.424. The summed E-state index contributed by atoms with van der Waals surface area (Å²) in [6.45, 7) is 2.18. The van der Waals surface area contributed by atoms with E-state index in [1.54, 1.807) is 24.4 Å². The summed E-state index contributed by atoms with van der Waals surface area (Å²) < 4.78 is 0. The van der Waals surface area contributed by atoms with E-state index in [2.05, 4.69) is 29.4 Å². The maximum absolute atomic E-state index is 12.4. The van der Waals surface area contributed by atoms with Crippen LogP contribution in [-0.2, 0) is 11.2 Å². The van der Waals surface area contributed by atoms with E-state index in [4.69, 9.17) is 0 Å². The second kappa shape index (κ2) is 11.2. The van der Waals surface area contributed by atoms with Gasteiger partial charge in [-0.15, -0.1) is 11.8 Å². The monoisotopic (exact) mass is 418 g/mol. The molecule has 5 heteroatoms. The van der Waals surface area contributed by atoms with Crippen LogP contribution in [-0.4, -0.2) is 23.0 Å². The molecule has 0 radical (unpaired) electrons. The Kier molecular flexibility index (Phi) is 8.10. The summed E-state index contributed by atoms with van der Waals surface area (Å²) >= 11 is 1.44. The summed E-state index contributed by atoms with van der Waals surface area (Å²) in [6, 6.07) is 22.8. The number of aliphatic imine (C=N–C) groups is 1. The average Bonchev–Trinajstić information content (AvgIpc) is 2.77. The molecule has 0 saturated heterocycles. The number of phenols is 1. The zero-order chi connectivity index (χ0) is 21.2. The lowest BCUT2D eigenvalue weighted by atomic mass is 10.1. The summed E-state index contributed by atoms with van der Waals surface area (Å²) in [5, 5.41) is 12.8. The van der Waals surface area contributed by atoms with Crippen LogP contribution in [0.3, 0.4) is 0 Å². The number of hydrogen-bond donors (Lipinski definition) is 2. The van der Waals surface area contributed by atoms with Gasteiger partial charge in [0.2, 0.25) is 5.91 Å². The SMILES string of the molecule is CCCCc1ccc(NC(=O)CSc2ccccc2N=Cc2ccccc2O)cc1. The molecule has 3 rings (SSSR count). The number of amides is 1. The second-order valence-corrected chi connectivity index (χ2v) is 7.94. The summed E-state index contributed by atoms with van der Waals surface area (Å²) in [7, 11) is 0. The summed E-state index contributed by atoms with van der Waals surface area (Å²) in [6.07, 6.45) is 5.05. The van der Waals surface area contributed by atoms with Crippen molar-refractivity contribution in [3.05, 3.63) is 83.9 Å². The van der Waals surface area contributed by atoms with E-state index in [1.165, 1.54) is 30.2 Å². The molecule has 3 aromatic rings. The average molecular weight is 419 g/mol. The number of unbranched alkanes of at least 4 members (excludes halogenated alkanes) is 1. The number of nitrogens with zero attached hydrogens (tertiary/aromatic N) is 1. The van der Waals surface area contributed by atoms with Gasteiger partial charge in [-0.2, -0.15) is 0 Å². The van der Waals surface area contributed by atoms with Crippen molar-refractivity contribution in [3.63, 3.8) is 0 Å². The third kappa shape index (κ3) is 6.49. The first-order valence-corrected chi connectivity index (χ1v) is 11.1. The molecule has 0 aliphatic rings. The van der Waals surface area contributed by atoms with Crippen molar-refractivity contribution in [2.24, 2.45) is 4.99 Å². The van der Waals surface area contributed by atoms with Gasteiger partial charge in [-0.25, -0.2) is 0 Å². The molecule has 0 aliphatic heterocycles. The first kappa shape index (κ1) is 21.7. The van der Waals surface area contributed by atoms with Gasteiger partial charge in [0.1, 0.15) is 5.75 Å². The molecule has 1 amide bonds. The lowest BCUT2D eigenvalue weighted by Gasteiger charge is -2.08. The van der Waals surface area contributed by atoms with Gasteiger partial charge in [0.05, 0.1) is 11.4 Å². The number of thioether (sulfide) groups is 1. The zero-order valence-corrected chi connectivity index (χ0v) is 17.9. The van der Waals surface area contributed by atoms with Crippen LogP contribution in [0.1, 0.15) is 30.9 Å². The minimum atomic E-state index is -0.0548. The summed E-state index contributed by atoms with van der Waals surface area (Å²) in [5.41, 5.74) is 3.52. The van der Waals surface area contributed by atoms with Gasteiger partial charge < -0.3 is 10.4 Å². The predicted molar refractivity (Wildman–Crippen MR) is 126 cm³/mol. The minimum absolute atomic E-state index is 0.0548. The van der Waals surface area contributed by atoms with Crippen molar-refractivity contribution in [2.45, 2.75) is 31.1 Å². The molecule has 0 saturated carbocycles. The molecule has 3 aromatic carbocycles. The maximum Gasteiger partial charge on any atom is 0.234 e. The third-order valence-corrected chi connectivity index (χ3v) is 5.62. The van der Waals surface area contributed by atoms with Crippen molar-refractivity contribution in [1.29, 1.82) is 0 Å². The first-order chi connectivity index (χ1) is 14.7. The first-order valence-electron chi connectivity index (χ1n) is 10.1. The fraction of sp³-hybridized carbons (Fsp3) is 0.200. The van der Waals surface area contributed by atoms with Crippen LogP contribution in [0.4, 0.5) is 11.4 Å². The number of carbonyl (C=O) groups is 1. The Labute approximate surface area is 182 Å². The normalized spacial score (nSPS) is 11.0. The van der Waals surface area contributed by atoms with Gasteiger partial charge >= 0.3 is 0 Å². The highest BCUT2D eigenvalue weighted by molar-refractivity contribution is 8.00. The number of aromatic hydroxyl groups is 1. The van der Waals surface area contributed by atoms with E-state index in [0.29, 0.717) is 11.3 Å². The number of phenolic OH excluding ortho intramolecular Hbond substituents is 1. The number of anilines is 1. The van der Waals surface area contributed by atoms with Gasteiger partial charge in [0, 0.05) is 22.4 Å². The molecular formula is C25H26N2O2S. The maximum atomic E-state index is 12.4. The van der Waals surface area contributed by atoms with Crippen molar-refractivity contribution in [3.8, 4) is 5.75 Å². The standard InChI is InChI=1S/C25H26N2O2S/c1-2-3-8-19-13-15-21(16-14-19)27-25(29)18-30-24-12-7-5-10-22(24)26-17-20-9-4-6-11-23(20)28/h4-7,9-17,28H,2-3,8,18H2,1H3,(H,27,29). The van der Waals surface area contributed by atoms with Crippen molar-refractivity contribution in [1.82, 2.24) is 0 Å². The van der Waals surface area contributed by atoms with Crippen LogP contribution in [0, 0.1) is 0 Å². The van der Waals surface area contributed by atoms with Gasteiger partial charge in [0.15, 0.2) is 0 Å². The zero-order valence-electron chi connectivity index (χ0n) is 17.0. The lowest BCUT2D eigenvalue weighted by molar-refractivity contribution is -0.113. The number of para-hydroxylation sites is 2. The largest absolute Gasteiger partial charge is 0.507 e. The van der Waals surface area contributed by atoms with Crippen LogP contribution in [0.2, 0.25) is 0 Å². The highest BCUT2D eigenvalue weighted by Crippen LogP contribution is 2.29. The molecule has 0 unspecified atom stereocenters. The van der Waals surface area contributed by atoms with E-state index < -0.39 is 0 Å². The van der Waals surface area contributed by atoms with E-state index in [0.717, 1.165) is 22.7 Å². The Bertz CT molecular complexity index is 1000. The van der Waals surface area contributed by atoms with Gasteiger partial charge in [0.25, 0.3) is 0 Å². The van der Waals surface area contributed by atoms with Crippen molar-refractivity contribution < 1.29 is 9.90 Å². The number of aryl methyl sites for hydroxylation is 1. The van der Waals surface area contributed by atoms with Crippen LogP contribution in [0.25, 0.3) is 0 Å². The van der Waals surface area contributed by atoms with E-state index in [9.17, 15) is 9.90 Å². The smallest absolute Gasteiger partial charge is 0.234 e. The number of benzene rings is 3. The molecule has 30 heavy (non-hydrogen) atoms. The van der Waals surface area contributed by atoms with Crippen molar-refractivity contribution in [2.75, 3.05) is 11.1 Å². The fourth-order valence-corrected chi connectivity index (χ4v) is 3.70. The molecule has 0 spiro atoms. The molecule has 0 bridgehead atoms. The van der Waals surface area contributed by atoms with Crippen LogP contribution < -0.4 is 5.32 Å². The molecule has 154 valence electrons. The molecule has 0 aliphatic carbocycles. The Hall–Kier alpha value is -3.05. The van der Waals surface area contributed by atoms with Crippen LogP contribution in [0.15, 0.2) is 82.7 Å². The second-order valence-electron chi connectivity index (χ2n) is 6.92. The van der Waals surface area contributed by atoms with Crippen LogP contribution in [0.5, 0.6) is 5.75 Å². The molecule has 2 N–H and O–H groups in total. The lowest BCUT2D eigenvalue weighted by Crippen LogP contribution is -2.13. The van der Waals surface area contributed by atoms with E-state index >= 15 is 0 Å². The Balaban J connectivity index is 1.58. The fourth-order valence-electron chi connectivity index (χ4n) is 2.90. The molecule has 0 fully saturated rings.